The number of rotatable bonds is 6. The number of carbonyl (C=O) groups is 2. The van der Waals surface area contributed by atoms with Crippen molar-refractivity contribution in [2.45, 2.75) is 12.8 Å². The molecule has 0 N–H and O–H groups in total. The molecule has 0 fully saturated rings. The van der Waals surface area contributed by atoms with E-state index in [0.717, 1.165) is 11.8 Å². The first-order chi connectivity index (χ1) is 8.19. The van der Waals surface area contributed by atoms with Crippen molar-refractivity contribution >= 4 is 28.5 Å². The highest BCUT2D eigenvalue weighted by atomic mass is 79.9. The molecule has 0 radical (unpaired) electrons. The Balaban J connectivity index is 3.36. The Hall–Kier alpha value is -1.36. The summed E-state index contributed by atoms with van der Waals surface area (Å²) in [4.78, 5) is 21.4. The van der Waals surface area contributed by atoms with E-state index in [9.17, 15) is 9.59 Å². The van der Waals surface area contributed by atoms with Crippen LogP contribution in [0.3, 0.4) is 0 Å². The second-order valence-electron chi connectivity index (χ2n) is 3.32. The maximum atomic E-state index is 11.0. The molecule has 0 aromatic heterocycles. The average molecular weight is 301 g/mol. The van der Waals surface area contributed by atoms with Crippen molar-refractivity contribution in [3.63, 3.8) is 0 Å². The monoisotopic (exact) mass is 300 g/mol. The van der Waals surface area contributed by atoms with Gasteiger partial charge in [-0.3, -0.25) is 4.79 Å². The number of aldehydes is 2. The summed E-state index contributed by atoms with van der Waals surface area (Å²) < 4.78 is 11.1. The Labute approximate surface area is 108 Å². The van der Waals surface area contributed by atoms with Gasteiger partial charge in [-0.25, -0.2) is 0 Å². The Morgan fingerprint density at radius 3 is 2.35 bits per heavy atom. The number of hydrogen-bond acceptors (Lipinski definition) is 4. The fourth-order valence-corrected chi connectivity index (χ4v) is 2.16. The summed E-state index contributed by atoms with van der Waals surface area (Å²) in [6.07, 6.45) is 2.48. The predicted molar refractivity (Wildman–Crippen MR) is 67.0 cm³/mol. The van der Waals surface area contributed by atoms with Gasteiger partial charge in [0.25, 0.3) is 0 Å². The summed E-state index contributed by atoms with van der Waals surface area (Å²) in [6, 6.07) is 1.77. The van der Waals surface area contributed by atoms with Gasteiger partial charge in [0.2, 0.25) is 0 Å². The van der Waals surface area contributed by atoms with Crippen LogP contribution in [0.4, 0.5) is 0 Å². The van der Waals surface area contributed by atoms with Crippen molar-refractivity contribution in [3.05, 3.63) is 21.7 Å². The van der Waals surface area contributed by atoms with Crippen LogP contribution in [0.25, 0.3) is 0 Å². The number of methoxy groups -OCH3 is 2. The number of benzene rings is 1. The summed E-state index contributed by atoms with van der Waals surface area (Å²) >= 11 is 3.30. The van der Waals surface area contributed by atoms with Crippen LogP contribution in [0.5, 0.6) is 11.5 Å². The van der Waals surface area contributed by atoms with E-state index in [1.807, 2.05) is 0 Å². The minimum atomic E-state index is 0.387. The summed E-state index contributed by atoms with van der Waals surface area (Å²) in [5, 5.41) is 0. The molecule has 4 nitrogen and oxygen atoms in total. The second kappa shape index (κ2) is 6.39. The van der Waals surface area contributed by atoms with Crippen molar-refractivity contribution in [1.82, 2.24) is 0 Å². The molecule has 1 rings (SSSR count). The number of ether oxygens (including phenoxy) is 2. The quantitative estimate of drug-likeness (QED) is 0.757. The van der Waals surface area contributed by atoms with Gasteiger partial charge >= 0.3 is 0 Å². The zero-order chi connectivity index (χ0) is 12.8. The Morgan fingerprint density at radius 2 is 1.88 bits per heavy atom. The van der Waals surface area contributed by atoms with E-state index >= 15 is 0 Å². The van der Waals surface area contributed by atoms with E-state index in [4.69, 9.17) is 9.47 Å². The van der Waals surface area contributed by atoms with Crippen LogP contribution in [-0.4, -0.2) is 26.8 Å². The van der Waals surface area contributed by atoms with Crippen LogP contribution in [0.15, 0.2) is 10.5 Å². The van der Waals surface area contributed by atoms with Gasteiger partial charge in [-0.1, -0.05) is 0 Å². The van der Waals surface area contributed by atoms with Crippen LogP contribution in [0, 0.1) is 0 Å². The topological polar surface area (TPSA) is 52.6 Å². The highest BCUT2D eigenvalue weighted by Gasteiger charge is 2.17. The number of halogens is 1. The highest BCUT2D eigenvalue weighted by molar-refractivity contribution is 9.10. The minimum Gasteiger partial charge on any atom is -0.493 e. The van der Waals surface area contributed by atoms with Crippen LogP contribution < -0.4 is 9.47 Å². The Kier molecular flexibility index (Phi) is 5.15. The van der Waals surface area contributed by atoms with Gasteiger partial charge < -0.3 is 14.3 Å². The minimum absolute atomic E-state index is 0.387. The lowest BCUT2D eigenvalue weighted by Crippen LogP contribution is -2.01. The lowest BCUT2D eigenvalue weighted by atomic mass is 10.1. The Bertz CT molecular complexity index is 429. The lowest BCUT2D eigenvalue weighted by Gasteiger charge is -2.15. The van der Waals surface area contributed by atoms with Crippen molar-refractivity contribution in [3.8, 4) is 11.5 Å². The van der Waals surface area contributed by atoms with E-state index in [2.05, 4.69) is 15.9 Å². The molecule has 0 spiro atoms. The molecule has 5 heteroatoms. The van der Waals surface area contributed by atoms with Crippen molar-refractivity contribution in [2.75, 3.05) is 14.2 Å². The van der Waals surface area contributed by atoms with Crippen LogP contribution in [0.2, 0.25) is 0 Å². The van der Waals surface area contributed by atoms with Gasteiger partial charge in [-0.05, 0) is 34.0 Å². The van der Waals surface area contributed by atoms with Gasteiger partial charge in [-0.2, -0.15) is 0 Å². The number of carbonyl (C=O) groups excluding carboxylic acids is 2. The number of hydrogen-bond donors (Lipinski definition) is 0. The van der Waals surface area contributed by atoms with Crippen LogP contribution >= 0.6 is 15.9 Å². The third kappa shape index (κ3) is 2.85. The number of aryl methyl sites for hydroxylation is 1. The molecule has 0 aliphatic rings. The fourth-order valence-electron chi connectivity index (χ4n) is 1.61. The zero-order valence-electron chi connectivity index (χ0n) is 9.66. The van der Waals surface area contributed by atoms with Gasteiger partial charge in [-0.15, -0.1) is 0 Å². The maximum absolute atomic E-state index is 11.0. The molecule has 17 heavy (non-hydrogen) atoms. The maximum Gasteiger partial charge on any atom is 0.172 e. The van der Waals surface area contributed by atoms with Crippen molar-refractivity contribution < 1.29 is 19.1 Å². The second-order valence-corrected chi connectivity index (χ2v) is 4.18. The molecule has 0 unspecified atom stereocenters. The third-order valence-electron chi connectivity index (χ3n) is 2.36. The molecule has 92 valence electrons. The van der Waals surface area contributed by atoms with Gasteiger partial charge in [0.1, 0.15) is 6.29 Å². The molecule has 1 aromatic carbocycles. The van der Waals surface area contributed by atoms with Gasteiger partial charge in [0.05, 0.1) is 19.8 Å². The lowest BCUT2D eigenvalue weighted by molar-refractivity contribution is -0.107. The molecule has 0 saturated heterocycles. The standard InChI is InChI=1S/C12H13BrO4/c1-16-11-8(4-3-5-14)6-10(13)9(7-15)12(11)17-2/h5-7H,3-4H2,1-2H3. The van der Waals surface area contributed by atoms with Gasteiger partial charge in [0.15, 0.2) is 17.8 Å². The largest absolute Gasteiger partial charge is 0.493 e. The highest BCUT2D eigenvalue weighted by Crippen LogP contribution is 2.38. The molecule has 0 heterocycles. The summed E-state index contributed by atoms with van der Waals surface area (Å²) in [5.74, 6) is 0.887. The molecule has 0 atom stereocenters. The average Bonchev–Trinajstić information content (AvgIpc) is 2.35. The van der Waals surface area contributed by atoms with Crippen LogP contribution in [0.1, 0.15) is 22.3 Å². The van der Waals surface area contributed by atoms with Crippen LogP contribution in [-0.2, 0) is 11.2 Å². The van der Waals surface area contributed by atoms with E-state index in [1.54, 1.807) is 6.07 Å². The summed E-state index contributed by atoms with van der Waals surface area (Å²) in [6.45, 7) is 0. The first kappa shape index (κ1) is 13.7. The van der Waals surface area contributed by atoms with Crippen molar-refractivity contribution in [1.29, 1.82) is 0 Å². The van der Waals surface area contributed by atoms with Crippen molar-refractivity contribution in [2.24, 2.45) is 0 Å². The molecule has 0 aliphatic carbocycles. The normalized spacial score (nSPS) is 9.82. The first-order valence-electron chi connectivity index (χ1n) is 5.01. The molecule has 0 saturated carbocycles. The zero-order valence-corrected chi connectivity index (χ0v) is 11.2. The SMILES string of the molecule is COc1c(CCC=O)cc(Br)c(C=O)c1OC. The van der Waals surface area contributed by atoms with Gasteiger partial charge in [0, 0.05) is 10.9 Å². The molecule has 0 bridgehead atoms. The first-order valence-corrected chi connectivity index (χ1v) is 5.81. The van der Waals surface area contributed by atoms with E-state index in [-0.39, 0.29) is 0 Å². The molecular weight excluding hydrogens is 288 g/mol. The molecule has 0 aliphatic heterocycles. The molecular formula is C12H13BrO4. The molecule has 0 amide bonds. The predicted octanol–water partition coefficient (Wildman–Crippen LogP) is 2.41. The van der Waals surface area contributed by atoms with E-state index in [0.29, 0.717) is 40.7 Å². The smallest absolute Gasteiger partial charge is 0.172 e. The summed E-state index contributed by atoms with van der Waals surface area (Å²) in [7, 11) is 2.98. The van der Waals surface area contributed by atoms with E-state index in [1.165, 1.54) is 14.2 Å². The summed E-state index contributed by atoms with van der Waals surface area (Å²) in [5.41, 5.74) is 1.23. The fraction of sp³-hybridized carbons (Fsp3) is 0.333. The molecule has 1 aromatic rings. The van der Waals surface area contributed by atoms with E-state index < -0.39 is 0 Å². The third-order valence-corrected chi connectivity index (χ3v) is 3.01. The Morgan fingerprint density at radius 1 is 1.24 bits per heavy atom.